The third-order valence-electron chi connectivity index (χ3n) is 5.95. The summed E-state index contributed by atoms with van der Waals surface area (Å²) in [6.07, 6.45) is 6.63. The van der Waals surface area contributed by atoms with E-state index in [-0.39, 0.29) is 18.3 Å². The van der Waals surface area contributed by atoms with Gasteiger partial charge in [-0.05, 0) is 46.0 Å². The Morgan fingerprint density at radius 2 is 1.58 bits per heavy atom. The van der Waals surface area contributed by atoms with Gasteiger partial charge in [0.1, 0.15) is 0 Å². The van der Waals surface area contributed by atoms with Gasteiger partial charge < -0.3 is 9.31 Å². The summed E-state index contributed by atoms with van der Waals surface area (Å²) in [5.41, 5.74) is 0.159. The maximum Gasteiger partial charge on any atom is 0.458 e. The van der Waals surface area contributed by atoms with Crippen molar-refractivity contribution in [2.45, 2.75) is 77.2 Å². The van der Waals surface area contributed by atoms with Crippen LogP contribution < -0.4 is 5.19 Å². The molecule has 0 bridgehead atoms. The van der Waals surface area contributed by atoms with Crippen molar-refractivity contribution in [1.82, 2.24) is 0 Å². The van der Waals surface area contributed by atoms with Gasteiger partial charge in [0.15, 0.2) is 0 Å². The van der Waals surface area contributed by atoms with E-state index in [0.717, 1.165) is 12.7 Å². The first-order valence-electron chi connectivity index (χ1n) is 9.14. The monoisotopic (exact) mass is 344 g/mol. The lowest BCUT2D eigenvalue weighted by molar-refractivity contribution is 0.00578. The smallest absolute Gasteiger partial charge is 0.403 e. The molecule has 1 atom stereocenters. The third-order valence-corrected chi connectivity index (χ3v) is 10.2. The van der Waals surface area contributed by atoms with Crippen molar-refractivity contribution in [3.05, 3.63) is 42.5 Å². The Labute approximate surface area is 149 Å². The average Bonchev–Trinajstić information content (AvgIpc) is 2.71. The van der Waals surface area contributed by atoms with Crippen LogP contribution in [0.5, 0.6) is 0 Å². The van der Waals surface area contributed by atoms with Crippen molar-refractivity contribution in [3.63, 3.8) is 0 Å². The Hall–Kier alpha value is -0.838. The summed E-state index contributed by atoms with van der Waals surface area (Å²) in [6, 6.07) is 11.0. The molecule has 0 spiro atoms. The molecule has 2 nitrogen and oxygen atoms in total. The zero-order valence-electron chi connectivity index (χ0n) is 16.4. The van der Waals surface area contributed by atoms with Crippen molar-refractivity contribution < 1.29 is 9.31 Å². The van der Waals surface area contributed by atoms with Crippen LogP contribution in [0, 0.1) is 0 Å². The average molecular weight is 344 g/mol. The van der Waals surface area contributed by atoms with E-state index in [4.69, 9.17) is 9.31 Å². The SMILES string of the molecule is CC(/C=C/CCB1OC(C)(C)C(C)(C)O1)[Si](C)(C)c1ccccc1. The molecule has 2 rings (SSSR count). The van der Waals surface area contributed by atoms with E-state index in [2.05, 4.69) is 90.2 Å². The van der Waals surface area contributed by atoms with E-state index < -0.39 is 8.07 Å². The minimum Gasteiger partial charge on any atom is -0.403 e. The van der Waals surface area contributed by atoms with Gasteiger partial charge in [0.05, 0.1) is 19.3 Å². The molecule has 1 aromatic rings. The van der Waals surface area contributed by atoms with Crippen molar-refractivity contribution in [2.75, 3.05) is 0 Å². The van der Waals surface area contributed by atoms with Gasteiger partial charge in [-0.2, -0.15) is 0 Å². The van der Waals surface area contributed by atoms with Crippen LogP contribution in [-0.2, 0) is 9.31 Å². The molecule has 0 aromatic heterocycles. The fourth-order valence-electron chi connectivity index (χ4n) is 2.99. The molecule has 0 N–H and O–H groups in total. The lowest BCUT2D eigenvalue weighted by Gasteiger charge is -2.32. The van der Waals surface area contributed by atoms with Gasteiger partial charge in [0, 0.05) is 0 Å². The molecule has 1 heterocycles. The van der Waals surface area contributed by atoms with E-state index >= 15 is 0 Å². The van der Waals surface area contributed by atoms with Crippen LogP contribution in [0.2, 0.25) is 25.0 Å². The first-order chi connectivity index (χ1) is 11.1. The molecule has 0 amide bonds. The Balaban J connectivity index is 1.86. The molecule has 0 aliphatic carbocycles. The predicted octanol–water partition coefficient (Wildman–Crippen LogP) is 5.03. The van der Waals surface area contributed by atoms with Crippen molar-refractivity contribution >= 4 is 20.4 Å². The van der Waals surface area contributed by atoms with Crippen LogP contribution in [0.25, 0.3) is 0 Å². The van der Waals surface area contributed by atoms with Crippen LogP contribution in [0.3, 0.4) is 0 Å². The summed E-state index contributed by atoms with van der Waals surface area (Å²) in [5, 5.41) is 1.52. The number of hydrogen-bond acceptors (Lipinski definition) is 2. The van der Waals surface area contributed by atoms with E-state index in [1.165, 1.54) is 5.19 Å². The topological polar surface area (TPSA) is 18.5 Å². The molecule has 1 saturated heterocycles. The Morgan fingerprint density at radius 3 is 2.12 bits per heavy atom. The van der Waals surface area contributed by atoms with Crippen LogP contribution in [0.15, 0.2) is 42.5 Å². The first-order valence-corrected chi connectivity index (χ1v) is 12.2. The summed E-state index contributed by atoms with van der Waals surface area (Å²) in [6.45, 7) is 15.7. The van der Waals surface area contributed by atoms with Gasteiger partial charge >= 0.3 is 7.12 Å². The molecule has 1 aliphatic heterocycles. The highest BCUT2D eigenvalue weighted by atomic mass is 28.3. The first kappa shape index (κ1) is 19.5. The summed E-state index contributed by atoms with van der Waals surface area (Å²) in [5.74, 6) is 0. The second kappa shape index (κ2) is 7.19. The molecule has 132 valence electrons. The number of allylic oxidation sites excluding steroid dienone is 2. The van der Waals surface area contributed by atoms with Gasteiger partial charge in [0.25, 0.3) is 0 Å². The van der Waals surface area contributed by atoms with Crippen molar-refractivity contribution in [3.8, 4) is 0 Å². The molecule has 24 heavy (non-hydrogen) atoms. The molecular formula is C20H33BO2Si. The summed E-state index contributed by atoms with van der Waals surface area (Å²) < 4.78 is 12.1. The van der Waals surface area contributed by atoms with Gasteiger partial charge in [0.2, 0.25) is 0 Å². The quantitative estimate of drug-likeness (QED) is 0.532. The predicted molar refractivity (Wildman–Crippen MR) is 108 cm³/mol. The lowest BCUT2D eigenvalue weighted by atomic mass is 9.83. The van der Waals surface area contributed by atoms with E-state index in [0.29, 0.717) is 5.54 Å². The molecule has 0 saturated carbocycles. The summed E-state index contributed by atoms with van der Waals surface area (Å²) >= 11 is 0. The van der Waals surface area contributed by atoms with Crippen molar-refractivity contribution in [2.24, 2.45) is 0 Å². The summed E-state index contributed by atoms with van der Waals surface area (Å²) in [4.78, 5) is 0. The molecule has 1 fully saturated rings. The Bertz CT molecular complexity index is 550. The normalized spacial score (nSPS) is 21.4. The van der Waals surface area contributed by atoms with Gasteiger partial charge in [-0.1, -0.05) is 67.7 Å². The molecule has 1 unspecified atom stereocenters. The van der Waals surface area contributed by atoms with E-state index in [9.17, 15) is 0 Å². The van der Waals surface area contributed by atoms with Crippen LogP contribution in [-0.4, -0.2) is 26.4 Å². The highest BCUT2D eigenvalue weighted by Gasteiger charge is 2.50. The number of benzene rings is 1. The molecule has 1 aromatic carbocycles. The molecule has 0 radical (unpaired) electrons. The minimum atomic E-state index is -1.46. The van der Waals surface area contributed by atoms with E-state index in [1.807, 2.05) is 0 Å². The van der Waals surface area contributed by atoms with Crippen LogP contribution in [0.4, 0.5) is 0 Å². The Morgan fingerprint density at radius 1 is 1.04 bits per heavy atom. The number of hydrogen-bond donors (Lipinski definition) is 0. The van der Waals surface area contributed by atoms with Gasteiger partial charge in [-0.3, -0.25) is 0 Å². The van der Waals surface area contributed by atoms with Crippen molar-refractivity contribution in [1.29, 1.82) is 0 Å². The molecular weight excluding hydrogens is 311 g/mol. The lowest BCUT2D eigenvalue weighted by Crippen LogP contribution is -2.44. The second-order valence-corrected chi connectivity index (χ2v) is 13.5. The van der Waals surface area contributed by atoms with E-state index in [1.54, 1.807) is 0 Å². The van der Waals surface area contributed by atoms with Crippen LogP contribution >= 0.6 is 0 Å². The maximum absolute atomic E-state index is 6.06. The zero-order chi connectivity index (χ0) is 18.0. The number of rotatable bonds is 6. The Kier molecular flexibility index (Phi) is 5.83. The molecule has 4 heteroatoms. The highest BCUT2D eigenvalue weighted by Crippen LogP contribution is 2.38. The standard InChI is InChI=1S/C20H33BO2Si/c1-17(24(6,7)18-14-9-8-10-15-18)13-11-12-16-21-22-19(2,3)20(4,5)23-21/h8-11,13-15,17H,12,16H2,1-7H3/b13-11+. The minimum absolute atomic E-state index is 0.0886. The third kappa shape index (κ3) is 4.22. The maximum atomic E-state index is 6.06. The van der Waals surface area contributed by atoms with Crippen LogP contribution in [0.1, 0.15) is 41.0 Å². The highest BCUT2D eigenvalue weighted by molar-refractivity contribution is 6.91. The second-order valence-electron chi connectivity index (χ2n) is 8.57. The summed E-state index contributed by atoms with van der Waals surface area (Å²) in [7, 11) is -1.55. The fraction of sp³-hybridized carbons (Fsp3) is 0.600. The fourth-order valence-corrected chi connectivity index (χ4v) is 5.18. The zero-order valence-corrected chi connectivity index (χ0v) is 17.4. The van der Waals surface area contributed by atoms with Gasteiger partial charge in [-0.25, -0.2) is 0 Å². The van der Waals surface area contributed by atoms with Gasteiger partial charge in [-0.15, -0.1) is 0 Å². The molecule has 1 aliphatic rings. The largest absolute Gasteiger partial charge is 0.458 e.